The Labute approximate surface area is 109 Å². The average Bonchev–Trinajstić information content (AvgIpc) is 2.76. The molecule has 0 radical (unpaired) electrons. The van der Waals surface area contributed by atoms with E-state index in [9.17, 15) is 5.11 Å². The van der Waals surface area contributed by atoms with Crippen molar-refractivity contribution in [1.29, 1.82) is 0 Å². The zero-order chi connectivity index (χ0) is 13.2. The summed E-state index contributed by atoms with van der Waals surface area (Å²) in [7, 11) is 1.98. The van der Waals surface area contributed by atoms with Crippen molar-refractivity contribution >= 4 is 5.82 Å². The SMILES string of the molecule is C[C@H](N)c1ccc(N(C)CC2(O)CCCC2)nc1. The van der Waals surface area contributed by atoms with Crippen molar-refractivity contribution in [3.8, 4) is 0 Å². The van der Waals surface area contributed by atoms with Gasteiger partial charge in [0.1, 0.15) is 5.82 Å². The van der Waals surface area contributed by atoms with Gasteiger partial charge in [-0.1, -0.05) is 18.9 Å². The van der Waals surface area contributed by atoms with Crippen LogP contribution >= 0.6 is 0 Å². The molecule has 0 unspecified atom stereocenters. The molecule has 0 bridgehead atoms. The second kappa shape index (κ2) is 5.24. The molecule has 0 amide bonds. The third kappa shape index (κ3) is 3.00. The molecule has 1 fully saturated rings. The molecule has 18 heavy (non-hydrogen) atoms. The van der Waals surface area contributed by atoms with Crippen LogP contribution in [-0.4, -0.2) is 29.3 Å². The van der Waals surface area contributed by atoms with E-state index in [-0.39, 0.29) is 6.04 Å². The van der Waals surface area contributed by atoms with Crippen molar-refractivity contribution < 1.29 is 5.11 Å². The van der Waals surface area contributed by atoms with Crippen LogP contribution in [0.5, 0.6) is 0 Å². The summed E-state index contributed by atoms with van der Waals surface area (Å²) in [4.78, 5) is 6.43. The van der Waals surface area contributed by atoms with Gasteiger partial charge in [0, 0.05) is 25.8 Å². The summed E-state index contributed by atoms with van der Waals surface area (Å²) in [6.07, 6.45) is 5.86. The van der Waals surface area contributed by atoms with Gasteiger partial charge in [0.25, 0.3) is 0 Å². The van der Waals surface area contributed by atoms with Crippen LogP contribution in [0.2, 0.25) is 0 Å². The Morgan fingerprint density at radius 3 is 2.61 bits per heavy atom. The van der Waals surface area contributed by atoms with Crippen molar-refractivity contribution in [2.75, 3.05) is 18.5 Å². The first-order chi connectivity index (χ1) is 8.50. The van der Waals surface area contributed by atoms with E-state index < -0.39 is 5.60 Å². The number of hydrogen-bond acceptors (Lipinski definition) is 4. The fourth-order valence-electron chi connectivity index (χ4n) is 2.61. The molecule has 1 aromatic heterocycles. The average molecular weight is 249 g/mol. The lowest BCUT2D eigenvalue weighted by Crippen LogP contribution is -2.39. The fourth-order valence-corrected chi connectivity index (χ4v) is 2.61. The number of nitrogens with two attached hydrogens (primary N) is 1. The summed E-state index contributed by atoms with van der Waals surface area (Å²) in [6.45, 7) is 2.60. The van der Waals surface area contributed by atoms with Crippen LogP contribution in [0, 0.1) is 0 Å². The Hall–Kier alpha value is -1.13. The number of anilines is 1. The first-order valence-electron chi connectivity index (χ1n) is 6.65. The highest BCUT2D eigenvalue weighted by molar-refractivity contribution is 5.39. The Balaban J connectivity index is 2.02. The zero-order valence-corrected chi connectivity index (χ0v) is 11.3. The molecule has 1 aromatic rings. The summed E-state index contributed by atoms with van der Waals surface area (Å²) in [5.74, 6) is 0.889. The monoisotopic (exact) mass is 249 g/mol. The quantitative estimate of drug-likeness (QED) is 0.854. The first kappa shape index (κ1) is 13.3. The Morgan fingerprint density at radius 2 is 2.11 bits per heavy atom. The van der Waals surface area contributed by atoms with E-state index in [0.717, 1.165) is 37.1 Å². The molecule has 1 aliphatic carbocycles. The molecular formula is C14H23N3O. The molecule has 1 aliphatic rings. The van der Waals surface area contributed by atoms with Gasteiger partial charge in [-0.15, -0.1) is 0 Å². The van der Waals surface area contributed by atoms with Gasteiger partial charge in [-0.05, 0) is 31.4 Å². The van der Waals surface area contributed by atoms with Crippen LogP contribution in [0.3, 0.4) is 0 Å². The number of nitrogens with zero attached hydrogens (tertiary/aromatic N) is 2. The molecular weight excluding hydrogens is 226 g/mol. The Bertz CT molecular complexity index is 383. The van der Waals surface area contributed by atoms with Crippen LogP contribution in [0.1, 0.15) is 44.2 Å². The summed E-state index contributed by atoms with van der Waals surface area (Å²) in [6, 6.07) is 3.98. The lowest BCUT2D eigenvalue weighted by atomic mass is 10.0. The van der Waals surface area contributed by atoms with Crippen LogP contribution in [0.4, 0.5) is 5.82 Å². The summed E-state index contributed by atoms with van der Waals surface area (Å²) in [5.41, 5.74) is 6.30. The molecule has 1 saturated carbocycles. The van der Waals surface area contributed by atoms with Crippen LogP contribution in [0.15, 0.2) is 18.3 Å². The van der Waals surface area contributed by atoms with Crippen LogP contribution in [-0.2, 0) is 0 Å². The van der Waals surface area contributed by atoms with E-state index in [1.807, 2.05) is 37.2 Å². The largest absolute Gasteiger partial charge is 0.388 e. The normalized spacial score (nSPS) is 19.8. The lowest BCUT2D eigenvalue weighted by molar-refractivity contribution is 0.0558. The van der Waals surface area contributed by atoms with Gasteiger partial charge in [-0.3, -0.25) is 0 Å². The second-order valence-corrected chi connectivity index (χ2v) is 5.53. The molecule has 1 atom stereocenters. The predicted molar refractivity (Wildman–Crippen MR) is 73.5 cm³/mol. The highest BCUT2D eigenvalue weighted by atomic mass is 16.3. The minimum Gasteiger partial charge on any atom is -0.388 e. The number of pyridine rings is 1. The highest BCUT2D eigenvalue weighted by Crippen LogP contribution is 2.30. The first-order valence-corrected chi connectivity index (χ1v) is 6.65. The van der Waals surface area contributed by atoms with E-state index in [1.165, 1.54) is 0 Å². The number of rotatable bonds is 4. The maximum Gasteiger partial charge on any atom is 0.128 e. The third-order valence-corrected chi connectivity index (χ3v) is 3.75. The smallest absolute Gasteiger partial charge is 0.128 e. The third-order valence-electron chi connectivity index (χ3n) is 3.75. The van der Waals surface area contributed by atoms with Crippen molar-refractivity contribution in [3.63, 3.8) is 0 Å². The molecule has 0 spiro atoms. The fraction of sp³-hybridized carbons (Fsp3) is 0.643. The van der Waals surface area contributed by atoms with Crippen molar-refractivity contribution in [3.05, 3.63) is 23.9 Å². The minimum atomic E-state index is -0.531. The van der Waals surface area contributed by atoms with E-state index in [1.54, 1.807) is 0 Å². The number of likely N-dealkylation sites (N-methyl/N-ethyl adjacent to an activating group) is 1. The van der Waals surface area contributed by atoms with Gasteiger partial charge >= 0.3 is 0 Å². The molecule has 0 saturated heterocycles. The molecule has 1 heterocycles. The molecule has 2 rings (SSSR count). The van der Waals surface area contributed by atoms with E-state index in [0.29, 0.717) is 6.54 Å². The molecule has 4 nitrogen and oxygen atoms in total. The van der Waals surface area contributed by atoms with E-state index >= 15 is 0 Å². The topological polar surface area (TPSA) is 62.4 Å². The Morgan fingerprint density at radius 1 is 1.44 bits per heavy atom. The summed E-state index contributed by atoms with van der Waals surface area (Å²) >= 11 is 0. The van der Waals surface area contributed by atoms with Gasteiger partial charge in [-0.25, -0.2) is 4.98 Å². The summed E-state index contributed by atoms with van der Waals surface area (Å²) in [5, 5.41) is 10.4. The van der Waals surface area contributed by atoms with Crippen molar-refractivity contribution in [1.82, 2.24) is 4.98 Å². The molecule has 0 aromatic carbocycles. The molecule has 3 N–H and O–H groups in total. The highest BCUT2D eigenvalue weighted by Gasteiger charge is 2.32. The number of hydrogen-bond donors (Lipinski definition) is 2. The van der Waals surface area contributed by atoms with Crippen LogP contribution in [0.25, 0.3) is 0 Å². The molecule has 4 heteroatoms. The molecule has 100 valence electrons. The van der Waals surface area contributed by atoms with Gasteiger partial charge in [0.2, 0.25) is 0 Å². The van der Waals surface area contributed by atoms with E-state index in [2.05, 4.69) is 4.98 Å². The predicted octanol–water partition coefficient (Wildman–Crippen LogP) is 1.84. The Kier molecular flexibility index (Phi) is 3.88. The van der Waals surface area contributed by atoms with Crippen molar-refractivity contribution in [2.24, 2.45) is 5.73 Å². The molecule has 0 aliphatic heterocycles. The maximum absolute atomic E-state index is 10.4. The lowest BCUT2D eigenvalue weighted by Gasteiger charge is -2.29. The second-order valence-electron chi connectivity index (χ2n) is 5.53. The van der Waals surface area contributed by atoms with Gasteiger partial charge in [0.15, 0.2) is 0 Å². The van der Waals surface area contributed by atoms with Gasteiger partial charge in [-0.2, -0.15) is 0 Å². The van der Waals surface area contributed by atoms with Crippen molar-refractivity contribution in [2.45, 2.75) is 44.2 Å². The minimum absolute atomic E-state index is 0.0101. The van der Waals surface area contributed by atoms with Gasteiger partial charge in [0.05, 0.1) is 5.60 Å². The summed E-state index contributed by atoms with van der Waals surface area (Å²) < 4.78 is 0. The zero-order valence-electron chi connectivity index (χ0n) is 11.3. The maximum atomic E-state index is 10.4. The van der Waals surface area contributed by atoms with E-state index in [4.69, 9.17) is 5.73 Å². The standard InChI is InChI=1S/C14H23N3O/c1-11(15)12-5-6-13(16-9-12)17(2)10-14(18)7-3-4-8-14/h5-6,9,11,18H,3-4,7-8,10,15H2,1-2H3/t11-/m0/s1. The number of aliphatic hydroxyl groups is 1. The number of aromatic nitrogens is 1. The van der Waals surface area contributed by atoms with Crippen LogP contribution < -0.4 is 10.6 Å². The van der Waals surface area contributed by atoms with Gasteiger partial charge < -0.3 is 15.7 Å².